The summed E-state index contributed by atoms with van der Waals surface area (Å²) in [5, 5.41) is 7.81. The van der Waals surface area contributed by atoms with E-state index in [1.165, 1.54) is 5.56 Å². The zero-order chi connectivity index (χ0) is 16.7. The van der Waals surface area contributed by atoms with Crippen molar-refractivity contribution in [3.05, 3.63) is 46.6 Å². The molecule has 1 heterocycles. The van der Waals surface area contributed by atoms with Crippen molar-refractivity contribution in [2.24, 2.45) is 4.99 Å². The van der Waals surface area contributed by atoms with Gasteiger partial charge in [0.1, 0.15) is 0 Å². The minimum absolute atomic E-state index is 0. The number of aryl methyl sites for hydroxylation is 1. The summed E-state index contributed by atoms with van der Waals surface area (Å²) in [5.41, 5.74) is 1.18. The number of nitrogens with one attached hydrogen (secondary N) is 1. The number of hydrogen-bond acceptors (Lipinski definition) is 4. The number of nitrogens with zero attached hydrogens (tertiary/aromatic N) is 4. The zero-order valence-electron chi connectivity index (χ0n) is 14.1. The molecule has 0 atom stereocenters. The number of aliphatic imine (C=N–C) groups is 1. The Hall–Kier alpha value is -1.35. The lowest BCUT2D eigenvalue weighted by Crippen LogP contribution is -2.38. The molecular formula is C16H23ClIN5O. The maximum Gasteiger partial charge on any atom is 0.228 e. The van der Waals surface area contributed by atoms with Crippen molar-refractivity contribution in [3.8, 4) is 0 Å². The van der Waals surface area contributed by atoms with Crippen molar-refractivity contribution in [2.45, 2.75) is 26.8 Å². The third-order valence-corrected chi connectivity index (χ3v) is 3.44. The quantitative estimate of drug-likeness (QED) is 0.404. The third-order valence-electron chi connectivity index (χ3n) is 3.19. The maximum absolute atomic E-state index is 5.92. The van der Waals surface area contributed by atoms with Crippen molar-refractivity contribution >= 4 is 41.5 Å². The lowest BCUT2D eigenvalue weighted by molar-refractivity contribution is 0.375. The van der Waals surface area contributed by atoms with Gasteiger partial charge in [0.05, 0.1) is 6.54 Å². The number of guanidine groups is 1. The van der Waals surface area contributed by atoms with Crippen LogP contribution in [0.4, 0.5) is 0 Å². The van der Waals surface area contributed by atoms with Gasteiger partial charge in [0, 0.05) is 31.6 Å². The predicted molar refractivity (Wildman–Crippen MR) is 107 cm³/mol. The van der Waals surface area contributed by atoms with Crippen molar-refractivity contribution in [1.82, 2.24) is 20.4 Å². The summed E-state index contributed by atoms with van der Waals surface area (Å²) in [6.45, 7) is 6.01. The van der Waals surface area contributed by atoms with Crippen LogP contribution < -0.4 is 5.32 Å². The summed E-state index contributed by atoms with van der Waals surface area (Å²) >= 11 is 5.92. The van der Waals surface area contributed by atoms with Gasteiger partial charge in [-0.05, 0) is 31.5 Å². The molecule has 0 amide bonds. The van der Waals surface area contributed by atoms with Gasteiger partial charge in [-0.15, -0.1) is 24.0 Å². The van der Waals surface area contributed by atoms with Crippen molar-refractivity contribution in [3.63, 3.8) is 0 Å². The first-order valence-corrected chi connectivity index (χ1v) is 7.99. The largest absolute Gasteiger partial charge is 0.357 e. The average molecular weight is 464 g/mol. The normalized spacial score (nSPS) is 11.1. The van der Waals surface area contributed by atoms with Crippen molar-refractivity contribution < 1.29 is 4.52 Å². The molecular weight excluding hydrogens is 441 g/mol. The summed E-state index contributed by atoms with van der Waals surface area (Å²) in [7, 11) is 2.01. The van der Waals surface area contributed by atoms with Crippen LogP contribution in [0.3, 0.4) is 0 Å². The molecule has 0 saturated carbocycles. The molecule has 132 valence electrons. The van der Waals surface area contributed by atoms with E-state index in [0.717, 1.165) is 24.1 Å². The van der Waals surface area contributed by atoms with Crippen LogP contribution in [0, 0.1) is 6.92 Å². The molecule has 6 nitrogen and oxygen atoms in total. The molecule has 0 spiro atoms. The predicted octanol–water partition coefficient (Wildman–Crippen LogP) is 3.29. The molecule has 0 unspecified atom stereocenters. The van der Waals surface area contributed by atoms with Crippen LogP contribution in [0.5, 0.6) is 0 Å². The zero-order valence-corrected chi connectivity index (χ0v) is 17.2. The van der Waals surface area contributed by atoms with E-state index in [1.54, 1.807) is 6.92 Å². The molecule has 8 heteroatoms. The summed E-state index contributed by atoms with van der Waals surface area (Å²) in [6, 6.07) is 7.83. The Balaban J connectivity index is 0.00000288. The highest BCUT2D eigenvalue weighted by Gasteiger charge is 2.07. The second kappa shape index (κ2) is 10.5. The molecule has 0 aliphatic heterocycles. The molecule has 0 aliphatic rings. The van der Waals surface area contributed by atoms with Gasteiger partial charge in [-0.3, -0.25) is 4.99 Å². The first kappa shape index (κ1) is 20.7. The van der Waals surface area contributed by atoms with Gasteiger partial charge < -0.3 is 14.7 Å². The Kier molecular flexibility index (Phi) is 9.05. The number of halogens is 2. The van der Waals surface area contributed by atoms with E-state index in [-0.39, 0.29) is 24.0 Å². The Morgan fingerprint density at radius 1 is 1.33 bits per heavy atom. The highest BCUT2D eigenvalue weighted by atomic mass is 127. The van der Waals surface area contributed by atoms with Crippen LogP contribution in [-0.4, -0.2) is 41.1 Å². The third kappa shape index (κ3) is 6.64. The molecule has 0 radical (unpaired) electrons. The van der Waals surface area contributed by atoms with Gasteiger partial charge in [0.15, 0.2) is 11.8 Å². The highest BCUT2D eigenvalue weighted by Crippen LogP contribution is 2.11. The van der Waals surface area contributed by atoms with Crippen LogP contribution in [0.25, 0.3) is 0 Å². The van der Waals surface area contributed by atoms with Crippen molar-refractivity contribution in [1.29, 1.82) is 0 Å². The van der Waals surface area contributed by atoms with Crippen LogP contribution >= 0.6 is 35.6 Å². The molecule has 0 bridgehead atoms. The number of aromatic nitrogens is 2. The van der Waals surface area contributed by atoms with Crippen LogP contribution in [0.1, 0.15) is 24.2 Å². The van der Waals surface area contributed by atoms with E-state index in [2.05, 4.69) is 25.3 Å². The summed E-state index contributed by atoms with van der Waals surface area (Å²) in [6.07, 6.45) is 0.629. The lowest BCUT2D eigenvalue weighted by Gasteiger charge is -2.22. The standard InChI is InChI=1S/C16H22ClN5O.HI/c1-4-18-16(19-10-9-15-20-12(2)21-23-15)22(3)11-13-5-7-14(17)8-6-13;/h5-8H,4,9-11H2,1-3H3,(H,18,19);1H. The molecule has 24 heavy (non-hydrogen) atoms. The Labute approximate surface area is 164 Å². The monoisotopic (exact) mass is 463 g/mol. The second-order valence-electron chi connectivity index (χ2n) is 5.20. The van der Waals surface area contributed by atoms with Crippen LogP contribution in [0.2, 0.25) is 5.02 Å². The fourth-order valence-corrected chi connectivity index (χ4v) is 2.23. The van der Waals surface area contributed by atoms with E-state index in [0.29, 0.717) is 24.7 Å². The molecule has 0 saturated heterocycles. The minimum Gasteiger partial charge on any atom is -0.357 e. The first-order valence-electron chi connectivity index (χ1n) is 7.61. The highest BCUT2D eigenvalue weighted by molar-refractivity contribution is 14.0. The van der Waals surface area contributed by atoms with Gasteiger partial charge >= 0.3 is 0 Å². The van der Waals surface area contributed by atoms with Gasteiger partial charge in [-0.1, -0.05) is 28.9 Å². The maximum atomic E-state index is 5.92. The lowest BCUT2D eigenvalue weighted by atomic mass is 10.2. The van der Waals surface area contributed by atoms with Crippen LogP contribution in [0.15, 0.2) is 33.8 Å². The second-order valence-corrected chi connectivity index (χ2v) is 5.64. The summed E-state index contributed by atoms with van der Waals surface area (Å²) in [5.74, 6) is 2.11. The number of rotatable bonds is 6. The molecule has 0 fully saturated rings. The molecule has 1 aromatic heterocycles. The van der Waals surface area contributed by atoms with Crippen LogP contribution in [-0.2, 0) is 13.0 Å². The van der Waals surface area contributed by atoms with Gasteiger partial charge in [0.25, 0.3) is 0 Å². The average Bonchev–Trinajstić information content (AvgIpc) is 2.94. The topological polar surface area (TPSA) is 66.5 Å². The Bertz CT molecular complexity index is 644. The van der Waals surface area contributed by atoms with E-state index >= 15 is 0 Å². The van der Waals surface area contributed by atoms with E-state index in [4.69, 9.17) is 16.1 Å². The Morgan fingerprint density at radius 3 is 2.62 bits per heavy atom. The summed E-state index contributed by atoms with van der Waals surface area (Å²) in [4.78, 5) is 10.9. The van der Waals surface area contributed by atoms with E-state index in [1.807, 2.05) is 38.2 Å². The van der Waals surface area contributed by atoms with Crippen molar-refractivity contribution in [2.75, 3.05) is 20.1 Å². The molecule has 1 aromatic carbocycles. The van der Waals surface area contributed by atoms with Gasteiger partial charge in [-0.25, -0.2) is 0 Å². The molecule has 0 aliphatic carbocycles. The summed E-state index contributed by atoms with van der Waals surface area (Å²) < 4.78 is 5.10. The van der Waals surface area contributed by atoms with Gasteiger partial charge in [-0.2, -0.15) is 4.98 Å². The fraction of sp³-hybridized carbons (Fsp3) is 0.438. The molecule has 2 aromatic rings. The molecule has 2 rings (SSSR count). The first-order chi connectivity index (χ1) is 11.1. The number of benzene rings is 1. The fourth-order valence-electron chi connectivity index (χ4n) is 2.11. The van der Waals surface area contributed by atoms with E-state index in [9.17, 15) is 0 Å². The van der Waals surface area contributed by atoms with E-state index < -0.39 is 0 Å². The minimum atomic E-state index is 0. The van der Waals surface area contributed by atoms with Gasteiger partial charge in [0.2, 0.25) is 5.89 Å². The SMILES string of the molecule is CCNC(=NCCc1nc(C)no1)N(C)Cc1ccc(Cl)cc1.I. The molecule has 1 N–H and O–H groups in total. The Morgan fingerprint density at radius 2 is 2.04 bits per heavy atom. The number of hydrogen-bond donors (Lipinski definition) is 1. The smallest absolute Gasteiger partial charge is 0.228 e.